The van der Waals surface area contributed by atoms with Crippen molar-refractivity contribution in [1.82, 2.24) is 4.98 Å². The maximum Gasteiger partial charge on any atom is 0.407 e. The number of hydrogen-bond acceptors (Lipinski definition) is 4. The topological polar surface area (TPSA) is 95.0 Å². The van der Waals surface area contributed by atoms with Crippen molar-refractivity contribution in [3.63, 3.8) is 0 Å². The summed E-state index contributed by atoms with van der Waals surface area (Å²) < 4.78 is 123. The number of sulfonamides is 1. The average molecular weight is 471 g/mol. The summed E-state index contributed by atoms with van der Waals surface area (Å²) in [6, 6.07) is 1.76. The molecule has 14 heteroatoms. The monoisotopic (exact) mass is 471 g/mol. The van der Waals surface area contributed by atoms with Crippen LogP contribution in [0.2, 0.25) is 0 Å². The van der Waals surface area contributed by atoms with Crippen molar-refractivity contribution in [3.8, 4) is 11.8 Å². The first-order valence-corrected chi connectivity index (χ1v) is 9.92. The first-order chi connectivity index (χ1) is 14.3. The Labute approximate surface area is 170 Å². The highest BCUT2D eigenvalue weighted by Crippen LogP contribution is 2.48. The lowest BCUT2D eigenvalue weighted by atomic mass is 9.74. The lowest BCUT2D eigenvalue weighted by Gasteiger charge is -2.32. The third kappa shape index (κ3) is 4.14. The summed E-state index contributed by atoms with van der Waals surface area (Å²) in [6.45, 7) is -3.44. The van der Waals surface area contributed by atoms with Gasteiger partial charge in [-0.1, -0.05) is 0 Å². The van der Waals surface area contributed by atoms with E-state index in [0.717, 1.165) is 6.20 Å². The highest BCUT2D eigenvalue weighted by atomic mass is 32.2. The Morgan fingerprint density at radius 2 is 1.90 bits per heavy atom. The van der Waals surface area contributed by atoms with Crippen LogP contribution in [0.3, 0.4) is 0 Å². The molecule has 2 aromatic rings. The second-order valence-electron chi connectivity index (χ2n) is 6.72. The summed E-state index contributed by atoms with van der Waals surface area (Å²) in [6.07, 6.45) is -5.88. The molecule has 31 heavy (non-hydrogen) atoms. The fourth-order valence-corrected chi connectivity index (χ4v) is 4.59. The van der Waals surface area contributed by atoms with Gasteiger partial charge < -0.3 is 9.72 Å². The van der Waals surface area contributed by atoms with Crippen LogP contribution in [0.15, 0.2) is 23.2 Å². The Morgan fingerprint density at radius 3 is 2.48 bits per heavy atom. The van der Waals surface area contributed by atoms with Crippen molar-refractivity contribution in [2.24, 2.45) is 5.41 Å². The maximum absolute atomic E-state index is 14.1. The van der Waals surface area contributed by atoms with Crippen molar-refractivity contribution in [2.75, 3.05) is 4.72 Å². The standard InChI is InChI=1S/C17H12F7N3O3S/c18-9-4-13(30-15(20)21)10(19)3-11(9)27-31(28,29)14-6-26-12-5-16(7-25,17(22,23)24)2-1-8(12)14/h3-4,6,15,26-27H,1-2,5H2/t16-/m0/s1. The molecule has 1 atom stereocenters. The third-order valence-electron chi connectivity index (χ3n) is 4.85. The van der Waals surface area contributed by atoms with Crippen LogP contribution in [0.5, 0.6) is 5.75 Å². The Morgan fingerprint density at radius 1 is 1.23 bits per heavy atom. The van der Waals surface area contributed by atoms with Crippen LogP contribution in [0, 0.1) is 28.4 Å². The van der Waals surface area contributed by atoms with E-state index in [1.807, 2.05) is 0 Å². The first kappa shape index (κ1) is 22.7. The van der Waals surface area contributed by atoms with E-state index in [1.165, 1.54) is 6.07 Å². The highest BCUT2D eigenvalue weighted by molar-refractivity contribution is 7.92. The fraction of sp³-hybridized carbons (Fsp3) is 0.353. The minimum absolute atomic E-state index is 0.0267. The minimum atomic E-state index is -4.84. The van der Waals surface area contributed by atoms with E-state index < -0.39 is 75.5 Å². The molecule has 0 saturated carbocycles. The van der Waals surface area contributed by atoms with E-state index in [2.05, 4.69) is 9.72 Å². The molecule has 168 valence electrons. The Balaban J connectivity index is 1.92. The molecule has 0 spiro atoms. The van der Waals surface area contributed by atoms with Crippen molar-refractivity contribution < 1.29 is 43.9 Å². The number of halogens is 7. The fourth-order valence-electron chi connectivity index (χ4n) is 3.27. The summed E-state index contributed by atoms with van der Waals surface area (Å²) >= 11 is 0. The van der Waals surface area contributed by atoms with Crippen molar-refractivity contribution in [3.05, 3.63) is 41.2 Å². The van der Waals surface area contributed by atoms with E-state index >= 15 is 0 Å². The van der Waals surface area contributed by atoms with Crippen LogP contribution in [0.4, 0.5) is 36.4 Å². The van der Waals surface area contributed by atoms with Gasteiger partial charge in [-0.15, -0.1) is 0 Å². The molecule has 0 saturated heterocycles. The van der Waals surface area contributed by atoms with Gasteiger partial charge in [-0.2, -0.15) is 27.2 Å². The number of ether oxygens (including phenoxy) is 1. The molecule has 0 radical (unpaired) electrons. The number of benzene rings is 1. The molecule has 3 rings (SSSR count). The number of aromatic nitrogens is 1. The maximum atomic E-state index is 14.1. The predicted molar refractivity (Wildman–Crippen MR) is 90.7 cm³/mol. The quantitative estimate of drug-likeness (QED) is 0.638. The minimum Gasteiger partial charge on any atom is -0.432 e. The molecule has 1 heterocycles. The van der Waals surface area contributed by atoms with E-state index in [1.54, 1.807) is 4.72 Å². The average Bonchev–Trinajstić information content (AvgIpc) is 3.08. The van der Waals surface area contributed by atoms with Gasteiger partial charge in [-0.05, 0) is 18.4 Å². The molecule has 6 nitrogen and oxygen atoms in total. The second-order valence-corrected chi connectivity index (χ2v) is 8.38. The molecule has 0 unspecified atom stereocenters. The molecule has 0 fully saturated rings. The lowest BCUT2D eigenvalue weighted by molar-refractivity contribution is -0.206. The number of fused-ring (bicyclic) bond motifs is 1. The van der Waals surface area contributed by atoms with Crippen LogP contribution in [0.1, 0.15) is 17.7 Å². The molecule has 2 N–H and O–H groups in total. The van der Waals surface area contributed by atoms with Crippen LogP contribution < -0.4 is 9.46 Å². The van der Waals surface area contributed by atoms with Gasteiger partial charge in [-0.3, -0.25) is 4.72 Å². The zero-order chi connectivity index (χ0) is 23.2. The molecule has 0 amide bonds. The van der Waals surface area contributed by atoms with Crippen molar-refractivity contribution in [1.29, 1.82) is 5.26 Å². The number of alkyl halides is 5. The van der Waals surface area contributed by atoms with Gasteiger partial charge in [0, 0.05) is 30.4 Å². The van der Waals surface area contributed by atoms with Crippen molar-refractivity contribution >= 4 is 15.7 Å². The summed E-state index contributed by atoms with van der Waals surface area (Å²) in [5, 5.41) is 9.05. The number of H-pyrrole nitrogens is 1. The Hall–Kier alpha value is -2.95. The molecular formula is C17H12F7N3O3S. The van der Waals surface area contributed by atoms with Gasteiger partial charge in [0.25, 0.3) is 10.0 Å². The molecule has 0 aliphatic heterocycles. The van der Waals surface area contributed by atoms with Gasteiger partial charge >= 0.3 is 12.8 Å². The Kier molecular flexibility index (Phi) is 5.59. The summed E-state index contributed by atoms with van der Waals surface area (Å²) in [5.74, 6) is -4.04. The van der Waals surface area contributed by atoms with Crippen molar-refractivity contribution in [2.45, 2.75) is 36.9 Å². The molecular weight excluding hydrogens is 459 g/mol. The number of nitrogens with zero attached hydrogens (tertiary/aromatic N) is 1. The van der Waals surface area contributed by atoms with Gasteiger partial charge in [0.2, 0.25) is 0 Å². The van der Waals surface area contributed by atoms with Crippen LogP contribution in [-0.2, 0) is 22.9 Å². The van der Waals surface area contributed by atoms with E-state index in [9.17, 15) is 39.2 Å². The van der Waals surface area contributed by atoms with Gasteiger partial charge in [-0.25, -0.2) is 17.2 Å². The van der Waals surface area contributed by atoms with Crippen LogP contribution in [0.25, 0.3) is 0 Å². The van der Waals surface area contributed by atoms with Crippen LogP contribution in [-0.4, -0.2) is 26.2 Å². The largest absolute Gasteiger partial charge is 0.432 e. The van der Waals surface area contributed by atoms with Crippen LogP contribution >= 0.6 is 0 Å². The number of hydrogen-bond donors (Lipinski definition) is 2. The number of rotatable bonds is 5. The molecule has 1 aromatic carbocycles. The normalized spacial score (nSPS) is 19.1. The molecule has 1 aliphatic rings. The number of aromatic amines is 1. The molecule has 1 aromatic heterocycles. The lowest BCUT2D eigenvalue weighted by Crippen LogP contribution is -2.41. The Bertz CT molecular complexity index is 1150. The zero-order valence-corrected chi connectivity index (χ0v) is 16.0. The predicted octanol–water partition coefficient (Wildman–Crippen LogP) is 4.26. The zero-order valence-electron chi connectivity index (χ0n) is 15.2. The second kappa shape index (κ2) is 7.63. The molecule has 1 aliphatic carbocycles. The van der Waals surface area contributed by atoms with Gasteiger partial charge in [0.05, 0.1) is 11.8 Å². The smallest absolute Gasteiger partial charge is 0.407 e. The molecule has 0 bridgehead atoms. The number of anilines is 1. The SMILES string of the molecule is N#C[C@]1(C(F)(F)F)CCc2c(S(=O)(=O)Nc3cc(F)c(OC(F)F)cc3F)c[nH]c2C1. The first-order valence-electron chi connectivity index (χ1n) is 8.43. The van der Waals surface area contributed by atoms with Gasteiger partial charge in [0.1, 0.15) is 4.90 Å². The van der Waals surface area contributed by atoms with E-state index in [0.29, 0.717) is 0 Å². The summed E-state index contributed by atoms with van der Waals surface area (Å²) in [7, 11) is -4.61. The number of nitriles is 1. The highest BCUT2D eigenvalue weighted by Gasteiger charge is 2.57. The van der Waals surface area contributed by atoms with E-state index in [4.69, 9.17) is 5.26 Å². The van der Waals surface area contributed by atoms with E-state index in [-0.39, 0.29) is 23.4 Å². The summed E-state index contributed by atoms with van der Waals surface area (Å²) in [5.41, 5.74) is -3.76. The summed E-state index contributed by atoms with van der Waals surface area (Å²) in [4.78, 5) is 1.88. The number of nitrogens with one attached hydrogen (secondary N) is 2. The van der Waals surface area contributed by atoms with Gasteiger partial charge in [0.15, 0.2) is 22.8 Å². The third-order valence-corrected chi connectivity index (χ3v) is 6.28.